The van der Waals surface area contributed by atoms with E-state index >= 15 is 0 Å². The summed E-state index contributed by atoms with van der Waals surface area (Å²) in [7, 11) is 0. The van der Waals surface area contributed by atoms with Crippen LogP contribution in [-0.2, 0) is 0 Å². The van der Waals surface area contributed by atoms with Gasteiger partial charge in [-0.15, -0.1) is 0 Å². The topological polar surface area (TPSA) is 82.2 Å². The molecule has 2 N–H and O–H groups in total. The van der Waals surface area contributed by atoms with E-state index in [1.165, 1.54) is 48.5 Å². The van der Waals surface area contributed by atoms with Crippen molar-refractivity contribution >= 4 is 21.8 Å². The van der Waals surface area contributed by atoms with E-state index in [0.29, 0.717) is 25.0 Å². The SMILES string of the molecule is Fc1ccc(C(c2ccc(F)cc2)C2CCN(CCCOc3cccc4cccnc34)CC2)cc1.Fc1ccc(C(c2ccc(F)cc2)C2CCN(CCCOc3cccc4cccnc34)CC2)cc1.O. The second kappa shape index (κ2) is 24.9. The van der Waals surface area contributed by atoms with Crippen molar-refractivity contribution in [2.45, 2.75) is 50.4 Å². The molecule has 10 rings (SSSR count). The van der Waals surface area contributed by atoms with Crippen LogP contribution in [0.4, 0.5) is 17.6 Å². The average molecular weight is 963 g/mol. The Morgan fingerprint density at radius 1 is 0.423 bits per heavy atom. The van der Waals surface area contributed by atoms with Gasteiger partial charge >= 0.3 is 0 Å². The van der Waals surface area contributed by atoms with Crippen molar-refractivity contribution in [2.75, 3.05) is 52.5 Å². The number of nitrogens with zero attached hydrogens (tertiary/aromatic N) is 4. The molecule has 2 saturated heterocycles. The fourth-order valence-electron chi connectivity index (χ4n) is 10.5. The van der Waals surface area contributed by atoms with Gasteiger partial charge in [0.1, 0.15) is 45.8 Å². The van der Waals surface area contributed by atoms with Crippen molar-refractivity contribution in [1.29, 1.82) is 0 Å². The smallest absolute Gasteiger partial charge is 0.145 e. The number of ether oxygens (including phenoxy) is 2. The molecule has 7 nitrogen and oxygen atoms in total. The lowest BCUT2D eigenvalue weighted by Gasteiger charge is -2.36. The third kappa shape index (κ3) is 13.4. The van der Waals surface area contributed by atoms with Gasteiger partial charge in [0.2, 0.25) is 0 Å². The highest BCUT2D eigenvalue weighted by molar-refractivity contribution is 5.84. The van der Waals surface area contributed by atoms with Crippen LogP contribution in [0, 0.1) is 35.1 Å². The van der Waals surface area contributed by atoms with Gasteiger partial charge in [-0.3, -0.25) is 9.97 Å². The Bertz CT molecular complexity index is 2570. The molecule has 2 fully saturated rings. The summed E-state index contributed by atoms with van der Waals surface area (Å²) in [5.41, 5.74) is 6.18. The van der Waals surface area contributed by atoms with Gasteiger partial charge in [-0.1, -0.05) is 84.9 Å². The molecule has 0 spiro atoms. The Morgan fingerprint density at radius 2 is 0.732 bits per heavy atom. The van der Waals surface area contributed by atoms with Crippen molar-refractivity contribution in [2.24, 2.45) is 11.8 Å². The van der Waals surface area contributed by atoms with Gasteiger partial charge in [-0.2, -0.15) is 0 Å². The summed E-state index contributed by atoms with van der Waals surface area (Å²) < 4.78 is 66.4. The zero-order chi connectivity index (χ0) is 48.1. The van der Waals surface area contributed by atoms with E-state index in [4.69, 9.17) is 9.47 Å². The van der Waals surface area contributed by atoms with E-state index in [2.05, 4.69) is 19.8 Å². The Hall–Kier alpha value is -6.66. The van der Waals surface area contributed by atoms with Crippen LogP contribution in [0.15, 0.2) is 170 Å². The third-order valence-corrected chi connectivity index (χ3v) is 14.1. The molecule has 2 aliphatic rings. The maximum atomic E-state index is 13.6. The van der Waals surface area contributed by atoms with Gasteiger partial charge < -0.3 is 24.7 Å². The summed E-state index contributed by atoms with van der Waals surface area (Å²) in [5, 5.41) is 2.17. The molecule has 2 aliphatic heterocycles. The van der Waals surface area contributed by atoms with Crippen molar-refractivity contribution in [3.05, 3.63) is 216 Å². The van der Waals surface area contributed by atoms with E-state index in [9.17, 15) is 17.6 Å². The summed E-state index contributed by atoms with van der Waals surface area (Å²) in [6.07, 6.45) is 9.69. The number of rotatable bonds is 16. The average Bonchev–Trinajstić information content (AvgIpc) is 3.40. The standard InChI is InChI=1S/2C30H30F2N2O.H2O/c2*31-26-11-7-22(8-12-26)29(23-9-13-27(32)14-10-23)24-15-19-34(20-16-24)18-3-21-35-28-6-1-4-25-5-2-17-33-30(25)28;/h2*1-2,4-14,17,24,29H,3,15-16,18-21H2;1H2. The molecule has 11 heteroatoms. The Labute approximate surface area is 414 Å². The molecular weight excluding hydrogens is 901 g/mol. The molecule has 4 heterocycles. The van der Waals surface area contributed by atoms with Gasteiger partial charge in [0.25, 0.3) is 0 Å². The highest BCUT2D eigenvalue weighted by Gasteiger charge is 2.30. The monoisotopic (exact) mass is 962 g/mol. The maximum Gasteiger partial charge on any atom is 0.145 e. The normalized spacial score (nSPS) is 14.8. The third-order valence-electron chi connectivity index (χ3n) is 14.1. The summed E-state index contributed by atoms with van der Waals surface area (Å²) in [4.78, 5) is 13.9. The quantitative estimate of drug-likeness (QED) is 0.0709. The minimum Gasteiger partial charge on any atom is -0.491 e. The number of hydrogen-bond donors (Lipinski definition) is 0. The number of pyridine rings is 2. The van der Waals surface area contributed by atoms with E-state index in [0.717, 1.165) is 133 Å². The van der Waals surface area contributed by atoms with Gasteiger partial charge in [0.05, 0.1) is 13.2 Å². The largest absolute Gasteiger partial charge is 0.491 e. The lowest BCUT2D eigenvalue weighted by molar-refractivity contribution is 0.163. The van der Waals surface area contributed by atoms with Crippen LogP contribution < -0.4 is 9.47 Å². The van der Waals surface area contributed by atoms with E-state index in [1.54, 1.807) is 12.4 Å². The number of halogens is 4. The first-order valence-corrected chi connectivity index (χ1v) is 24.7. The number of fused-ring (bicyclic) bond motifs is 2. The Morgan fingerprint density at radius 3 is 1.06 bits per heavy atom. The first kappa shape index (κ1) is 50.7. The zero-order valence-corrected chi connectivity index (χ0v) is 40.0. The van der Waals surface area contributed by atoms with Gasteiger partial charge in [-0.25, -0.2) is 17.6 Å². The molecule has 0 radical (unpaired) electrons. The number of likely N-dealkylation sites (tertiary alicyclic amines) is 2. The van der Waals surface area contributed by atoms with Crippen LogP contribution in [0.3, 0.4) is 0 Å². The van der Waals surface area contributed by atoms with Crippen molar-refractivity contribution in [1.82, 2.24) is 19.8 Å². The predicted molar refractivity (Wildman–Crippen MR) is 275 cm³/mol. The van der Waals surface area contributed by atoms with Crippen LogP contribution in [0.1, 0.15) is 72.6 Å². The molecule has 0 bridgehead atoms. The molecule has 0 saturated carbocycles. The number of benzene rings is 6. The highest BCUT2D eigenvalue weighted by Crippen LogP contribution is 2.40. The second-order valence-electron chi connectivity index (χ2n) is 18.6. The summed E-state index contributed by atoms with van der Waals surface area (Å²) in [5.74, 6) is 1.88. The maximum absolute atomic E-state index is 13.6. The zero-order valence-electron chi connectivity index (χ0n) is 40.0. The summed E-state index contributed by atoms with van der Waals surface area (Å²) in [6.45, 7) is 7.34. The van der Waals surface area contributed by atoms with Crippen LogP contribution in [-0.4, -0.2) is 77.7 Å². The van der Waals surface area contributed by atoms with E-state index in [1.807, 2.05) is 109 Å². The molecule has 71 heavy (non-hydrogen) atoms. The molecule has 6 aromatic carbocycles. The fourth-order valence-corrected chi connectivity index (χ4v) is 10.5. The Balaban J connectivity index is 0.000000188. The summed E-state index contributed by atoms with van der Waals surface area (Å²) in [6, 6.07) is 47.1. The molecule has 0 unspecified atom stereocenters. The lowest BCUT2D eigenvalue weighted by Crippen LogP contribution is -2.36. The minimum absolute atomic E-state index is 0. The number of hydrogen-bond acceptors (Lipinski definition) is 6. The van der Waals surface area contributed by atoms with Gasteiger partial charge in [-0.05, 0) is 172 Å². The number of para-hydroxylation sites is 2. The number of aromatic nitrogens is 2. The fraction of sp³-hybridized carbons (Fsp3) is 0.300. The lowest BCUT2D eigenvalue weighted by atomic mass is 9.76. The van der Waals surface area contributed by atoms with Gasteiger partial charge in [0.15, 0.2) is 0 Å². The second-order valence-corrected chi connectivity index (χ2v) is 18.6. The molecule has 0 amide bonds. The minimum atomic E-state index is -0.233. The van der Waals surface area contributed by atoms with Crippen LogP contribution in [0.2, 0.25) is 0 Å². The molecular formula is C60H62F4N4O3. The highest BCUT2D eigenvalue weighted by atomic mass is 19.1. The molecule has 0 atom stereocenters. The van der Waals surface area contributed by atoms with E-state index in [-0.39, 0.29) is 40.6 Å². The van der Waals surface area contributed by atoms with Gasteiger partial charge in [0, 0.05) is 48.1 Å². The number of piperidine rings is 2. The summed E-state index contributed by atoms with van der Waals surface area (Å²) >= 11 is 0. The molecule has 8 aromatic rings. The van der Waals surface area contributed by atoms with Crippen molar-refractivity contribution < 1.29 is 32.5 Å². The first-order valence-electron chi connectivity index (χ1n) is 24.7. The van der Waals surface area contributed by atoms with E-state index < -0.39 is 0 Å². The van der Waals surface area contributed by atoms with Crippen LogP contribution in [0.25, 0.3) is 21.8 Å². The molecule has 2 aromatic heterocycles. The van der Waals surface area contributed by atoms with Crippen molar-refractivity contribution in [3.63, 3.8) is 0 Å². The van der Waals surface area contributed by atoms with Crippen LogP contribution >= 0.6 is 0 Å². The first-order chi connectivity index (χ1) is 34.3. The molecule has 0 aliphatic carbocycles. The van der Waals surface area contributed by atoms with Crippen molar-refractivity contribution in [3.8, 4) is 11.5 Å². The molecule has 368 valence electrons. The Kier molecular flexibility index (Phi) is 17.8. The predicted octanol–water partition coefficient (Wildman–Crippen LogP) is 12.8. The van der Waals surface area contributed by atoms with Crippen LogP contribution in [0.5, 0.6) is 11.5 Å².